The monoisotopic (exact) mass is 705 g/mol. The topological polar surface area (TPSA) is 81.9 Å². The molecule has 250 valence electrons. The standard InChI is InChI=1S/C37H45BrFN5O3/c1-36(2)34(37(3,4)35(36)47-28-14-9-25(21-40)30(38)20-28)44-22-31-29(33(44)45)15-11-26(41-31)10-6-24-7-12-27(13-8-24)43-18-16-42(17-19-43)23-32(39)46-5/h9,11,14-15,20,24,27,32,34-35H,7-8,12-13,16-19,22-23H2,1-5H3. The van der Waals surface area contributed by atoms with Gasteiger partial charge in [-0.3, -0.25) is 14.6 Å². The van der Waals surface area contributed by atoms with Gasteiger partial charge in [-0.2, -0.15) is 5.26 Å². The highest BCUT2D eigenvalue weighted by atomic mass is 79.9. The molecule has 1 amide bonds. The van der Waals surface area contributed by atoms with Gasteiger partial charge in [-0.15, -0.1) is 0 Å². The van der Waals surface area contributed by atoms with E-state index in [-0.39, 0.29) is 28.9 Å². The van der Waals surface area contributed by atoms with Crippen LogP contribution >= 0.6 is 15.9 Å². The number of carbonyl (C=O) groups excluding carboxylic acids is 1. The van der Waals surface area contributed by atoms with Crippen molar-refractivity contribution in [1.82, 2.24) is 19.7 Å². The molecule has 2 aliphatic carbocycles. The molecule has 2 aliphatic heterocycles. The van der Waals surface area contributed by atoms with E-state index in [0.29, 0.717) is 46.4 Å². The number of rotatable bonds is 7. The van der Waals surface area contributed by atoms with Crippen molar-refractivity contribution in [2.75, 3.05) is 39.8 Å². The van der Waals surface area contributed by atoms with Gasteiger partial charge in [0.2, 0.25) is 6.36 Å². The molecule has 6 rings (SSSR count). The Morgan fingerprint density at radius 1 is 1.06 bits per heavy atom. The van der Waals surface area contributed by atoms with E-state index in [1.54, 1.807) is 6.07 Å². The van der Waals surface area contributed by atoms with E-state index in [1.165, 1.54) is 7.11 Å². The molecule has 47 heavy (non-hydrogen) atoms. The normalized spacial score (nSPS) is 27.6. The lowest BCUT2D eigenvalue weighted by Crippen LogP contribution is -2.74. The summed E-state index contributed by atoms with van der Waals surface area (Å²) in [6.07, 6.45) is 3.06. The van der Waals surface area contributed by atoms with Crippen LogP contribution in [-0.2, 0) is 11.3 Å². The second kappa shape index (κ2) is 13.5. The number of carbonyl (C=O) groups is 1. The van der Waals surface area contributed by atoms with Gasteiger partial charge in [0.15, 0.2) is 0 Å². The fourth-order valence-corrected chi connectivity index (χ4v) is 9.29. The number of nitrogens with zero attached hydrogens (tertiary/aromatic N) is 5. The highest BCUT2D eigenvalue weighted by Crippen LogP contribution is 2.59. The maximum Gasteiger partial charge on any atom is 0.256 e. The molecule has 2 aromatic rings. The third-order valence-electron chi connectivity index (χ3n) is 10.9. The van der Waals surface area contributed by atoms with Crippen LogP contribution < -0.4 is 4.74 Å². The van der Waals surface area contributed by atoms with Gasteiger partial charge in [0.25, 0.3) is 5.91 Å². The van der Waals surface area contributed by atoms with Gasteiger partial charge in [0.1, 0.15) is 23.6 Å². The molecular formula is C37H45BrFN5O3. The van der Waals surface area contributed by atoms with Crippen molar-refractivity contribution in [2.24, 2.45) is 16.7 Å². The zero-order valence-corrected chi connectivity index (χ0v) is 29.6. The lowest BCUT2D eigenvalue weighted by Gasteiger charge is -2.65. The largest absolute Gasteiger partial charge is 0.489 e. The molecule has 4 aliphatic rings. The van der Waals surface area contributed by atoms with Crippen LogP contribution in [0.3, 0.4) is 0 Å². The average molecular weight is 707 g/mol. The molecule has 0 radical (unpaired) electrons. The second-order valence-electron chi connectivity index (χ2n) is 14.7. The fraction of sp³-hybridized carbons (Fsp3) is 0.595. The van der Waals surface area contributed by atoms with Crippen molar-refractivity contribution in [3.63, 3.8) is 0 Å². The van der Waals surface area contributed by atoms with Gasteiger partial charge in [-0.1, -0.05) is 33.6 Å². The first kappa shape index (κ1) is 33.9. The fourth-order valence-electron chi connectivity index (χ4n) is 8.84. The Morgan fingerprint density at radius 2 is 1.77 bits per heavy atom. The number of aromatic nitrogens is 1. The molecule has 8 nitrogen and oxygen atoms in total. The molecule has 1 saturated heterocycles. The van der Waals surface area contributed by atoms with Crippen molar-refractivity contribution < 1.29 is 18.7 Å². The first-order valence-corrected chi connectivity index (χ1v) is 17.5. The summed E-state index contributed by atoms with van der Waals surface area (Å²) in [7, 11) is 1.42. The van der Waals surface area contributed by atoms with Gasteiger partial charge in [0, 0.05) is 66.6 Å². The second-order valence-corrected chi connectivity index (χ2v) is 15.5. The van der Waals surface area contributed by atoms with Crippen LogP contribution in [0, 0.1) is 39.9 Å². The van der Waals surface area contributed by atoms with Crippen LogP contribution in [-0.4, -0.2) is 90.0 Å². The van der Waals surface area contributed by atoms with E-state index in [1.807, 2.05) is 29.2 Å². The first-order chi connectivity index (χ1) is 22.4. The smallest absolute Gasteiger partial charge is 0.256 e. The molecule has 10 heteroatoms. The van der Waals surface area contributed by atoms with Crippen LogP contribution in [0.15, 0.2) is 34.8 Å². The summed E-state index contributed by atoms with van der Waals surface area (Å²) >= 11 is 3.46. The molecule has 3 fully saturated rings. The van der Waals surface area contributed by atoms with E-state index in [2.05, 4.69) is 71.3 Å². The van der Waals surface area contributed by atoms with Crippen LogP contribution in [0.4, 0.5) is 4.39 Å². The van der Waals surface area contributed by atoms with Crippen LogP contribution in [0.25, 0.3) is 0 Å². The third-order valence-corrected chi connectivity index (χ3v) is 11.5. The Balaban J connectivity index is 1.04. The molecule has 1 unspecified atom stereocenters. The predicted octanol–water partition coefficient (Wildman–Crippen LogP) is 6.02. The Hall–Kier alpha value is -3.02. The molecule has 1 atom stereocenters. The maximum atomic E-state index is 13.7. The maximum absolute atomic E-state index is 13.7. The summed E-state index contributed by atoms with van der Waals surface area (Å²) in [6.45, 7) is 13.2. The van der Waals surface area contributed by atoms with Gasteiger partial charge in [-0.25, -0.2) is 9.37 Å². The van der Waals surface area contributed by atoms with Crippen molar-refractivity contribution in [1.29, 1.82) is 5.26 Å². The van der Waals surface area contributed by atoms with Crippen molar-refractivity contribution in [3.05, 3.63) is 57.3 Å². The Morgan fingerprint density at radius 3 is 2.40 bits per heavy atom. The number of pyridine rings is 1. The molecule has 3 heterocycles. The van der Waals surface area contributed by atoms with Gasteiger partial charge < -0.3 is 14.4 Å². The molecule has 0 N–H and O–H groups in total. The van der Waals surface area contributed by atoms with E-state index >= 15 is 0 Å². The number of alkyl halides is 1. The summed E-state index contributed by atoms with van der Waals surface area (Å²) in [5, 5.41) is 9.27. The molecule has 0 spiro atoms. The summed E-state index contributed by atoms with van der Waals surface area (Å²) in [6, 6.07) is 11.9. The Labute approximate surface area is 286 Å². The SMILES string of the molecule is COC(F)CN1CCN(C2CCC(C#Cc3ccc4c(n3)CN(C3C(C)(C)C(Oc5ccc(C#N)c(Br)c5)C3(C)C)C4=O)CC2)CC1. The van der Waals surface area contributed by atoms with Crippen molar-refractivity contribution >= 4 is 21.8 Å². The van der Waals surface area contributed by atoms with Crippen molar-refractivity contribution in [2.45, 2.75) is 84.5 Å². The lowest BCUT2D eigenvalue weighted by atomic mass is 9.49. The van der Waals surface area contributed by atoms with Crippen LogP contribution in [0.1, 0.15) is 80.7 Å². The highest BCUT2D eigenvalue weighted by molar-refractivity contribution is 9.10. The number of hydrogen-bond acceptors (Lipinski definition) is 7. The lowest BCUT2D eigenvalue weighted by molar-refractivity contribution is -0.199. The highest BCUT2D eigenvalue weighted by Gasteiger charge is 2.67. The number of hydrogen-bond donors (Lipinski definition) is 0. The summed E-state index contributed by atoms with van der Waals surface area (Å²) < 4.78 is 25.6. The summed E-state index contributed by atoms with van der Waals surface area (Å²) in [5.41, 5.74) is 2.12. The molecule has 2 saturated carbocycles. The minimum absolute atomic E-state index is 0.0140. The van der Waals surface area contributed by atoms with E-state index in [0.717, 1.165) is 63.3 Å². The van der Waals surface area contributed by atoms with Gasteiger partial charge in [-0.05, 0) is 77.9 Å². The van der Waals surface area contributed by atoms with Gasteiger partial charge in [0.05, 0.1) is 29.9 Å². The minimum Gasteiger partial charge on any atom is -0.489 e. The average Bonchev–Trinajstić information content (AvgIpc) is 3.36. The Kier molecular flexibility index (Phi) is 9.71. The number of halogens is 2. The number of amides is 1. The molecule has 0 bridgehead atoms. The van der Waals surface area contributed by atoms with Crippen molar-refractivity contribution in [3.8, 4) is 23.7 Å². The van der Waals surface area contributed by atoms with Crippen LogP contribution in [0.2, 0.25) is 0 Å². The quantitative estimate of drug-likeness (QED) is 0.326. The first-order valence-electron chi connectivity index (χ1n) is 16.7. The summed E-state index contributed by atoms with van der Waals surface area (Å²) in [4.78, 5) is 25.2. The number of benzene rings is 1. The zero-order valence-electron chi connectivity index (χ0n) is 28.1. The van der Waals surface area contributed by atoms with E-state index in [9.17, 15) is 14.4 Å². The van der Waals surface area contributed by atoms with E-state index in [4.69, 9.17) is 14.5 Å². The summed E-state index contributed by atoms with van der Waals surface area (Å²) in [5.74, 6) is 7.88. The number of ether oxygens (including phenoxy) is 2. The number of methoxy groups -OCH3 is 1. The number of fused-ring (bicyclic) bond motifs is 1. The van der Waals surface area contributed by atoms with Gasteiger partial charge >= 0.3 is 0 Å². The molecule has 1 aromatic carbocycles. The zero-order chi connectivity index (χ0) is 33.5. The number of nitriles is 1. The minimum atomic E-state index is -1.21. The molecule has 1 aromatic heterocycles. The van der Waals surface area contributed by atoms with Crippen LogP contribution in [0.5, 0.6) is 5.75 Å². The van der Waals surface area contributed by atoms with E-state index < -0.39 is 6.36 Å². The third kappa shape index (κ3) is 6.68. The number of piperazine rings is 1. The Bertz CT molecular complexity index is 1580. The molecular weight excluding hydrogens is 661 g/mol. The predicted molar refractivity (Wildman–Crippen MR) is 181 cm³/mol.